The Labute approximate surface area is 103 Å². The second-order valence-electron chi connectivity index (χ2n) is 4.45. The van der Waals surface area contributed by atoms with Crippen LogP contribution in [-0.2, 0) is 4.74 Å². The van der Waals surface area contributed by atoms with Crippen molar-refractivity contribution in [2.24, 2.45) is 0 Å². The molecule has 0 radical (unpaired) electrons. The minimum Gasteiger partial charge on any atom is -0.384 e. The van der Waals surface area contributed by atoms with Crippen molar-refractivity contribution in [3.8, 4) is 0 Å². The topological polar surface area (TPSA) is 46.2 Å². The number of pyridine rings is 1. The van der Waals surface area contributed by atoms with Gasteiger partial charge in [-0.15, -0.1) is 0 Å². The molecule has 0 aliphatic heterocycles. The van der Waals surface area contributed by atoms with Gasteiger partial charge in [-0.2, -0.15) is 0 Å². The van der Waals surface area contributed by atoms with Crippen LogP contribution in [0, 0.1) is 0 Å². The first-order chi connectivity index (χ1) is 8.33. The van der Waals surface area contributed by atoms with Crippen molar-refractivity contribution in [3.63, 3.8) is 0 Å². The van der Waals surface area contributed by atoms with Crippen LogP contribution in [0.5, 0.6) is 0 Å². The molecular formula is C13H21N3O. The molecule has 1 aliphatic carbocycles. The highest BCUT2D eigenvalue weighted by Gasteiger charge is 2.26. The molecule has 1 aromatic rings. The Morgan fingerprint density at radius 3 is 2.94 bits per heavy atom. The second-order valence-corrected chi connectivity index (χ2v) is 4.45. The Morgan fingerprint density at radius 2 is 2.18 bits per heavy atom. The Kier molecular flexibility index (Phi) is 4.20. The molecule has 0 spiro atoms. The zero-order valence-corrected chi connectivity index (χ0v) is 10.6. The fourth-order valence-corrected chi connectivity index (χ4v) is 2.41. The van der Waals surface area contributed by atoms with Crippen molar-refractivity contribution in [1.29, 1.82) is 0 Å². The zero-order chi connectivity index (χ0) is 12.1. The summed E-state index contributed by atoms with van der Waals surface area (Å²) in [6.45, 7) is 2.99. The van der Waals surface area contributed by atoms with Crippen molar-refractivity contribution in [2.45, 2.75) is 38.3 Å². The summed E-state index contributed by atoms with van der Waals surface area (Å²) in [5.41, 5.74) is 2.13. The largest absolute Gasteiger partial charge is 0.384 e. The van der Waals surface area contributed by atoms with E-state index in [-0.39, 0.29) is 0 Å². The van der Waals surface area contributed by atoms with Crippen LogP contribution in [0.4, 0.5) is 11.4 Å². The highest BCUT2D eigenvalue weighted by atomic mass is 16.5. The molecule has 1 aromatic heterocycles. The summed E-state index contributed by atoms with van der Waals surface area (Å²) in [5.74, 6) is 0. The van der Waals surface area contributed by atoms with Gasteiger partial charge in [0.1, 0.15) is 0 Å². The average molecular weight is 235 g/mol. The molecule has 4 heteroatoms. The van der Waals surface area contributed by atoms with E-state index in [2.05, 4.69) is 28.6 Å². The zero-order valence-electron chi connectivity index (χ0n) is 10.6. The van der Waals surface area contributed by atoms with Crippen LogP contribution in [0.1, 0.15) is 26.2 Å². The summed E-state index contributed by atoms with van der Waals surface area (Å²) in [4.78, 5) is 4.23. The van der Waals surface area contributed by atoms with Gasteiger partial charge in [0.05, 0.1) is 35.9 Å². The summed E-state index contributed by atoms with van der Waals surface area (Å²) >= 11 is 0. The fourth-order valence-electron chi connectivity index (χ4n) is 2.41. The number of nitrogens with zero attached hydrogens (tertiary/aromatic N) is 1. The fraction of sp³-hybridized carbons (Fsp3) is 0.615. The van der Waals surface area contributed by atoms with Gasteiger partial charge in [0.25, 0.3) is 0 Å². The first-order valence-electron chi connectivity index (χ1n) is 6.31. The van der Waals surface area contributed by atoms with E-state index < -0.39 is 0 Å². The van der Waals surface area contributed by atoms with E-state index in [4.69, 9.17) is 4.74 Å². The molecule has 0 bridgehead atoms. The Hall–Kier alpha value is -1.29. The number of hydrogen-bond acceptors (Lipinski definition) is 4. The van der Waals surface area contributed by atoms with E-state index in [1.807, 2.05) is 12.4 Å². The van der Waals surface area contributed by atoms with E-state index in [1.165, 1.54) is 12.8 Å². The molecule has 1 aliphatic rings. The van der Waals surface area contributed by atoms with Crippen molar-refractivity contribution in [2.75, 3.05) is 24.3 Å². The molecule has 2 atom stereocenters. The molecule has 1 heterocycles. The molecule has 94 valence electrons. The summed E-state index contributed by atoms with van der Waals surface area (Å²) in [6, 6.07) is 2.51. The molecule has 0 saturated heterocycles. The number of rotatable bonds is 5. The van der Waals surface area contributed by atoms with Crippen LogP contribution in [0.2, 0.25) is 0 Å². The van der Waals surface area contributed by atoms with E-state index >= 15 is 0 Å². The van der Waals surface area contributed by atoms with E-state index in [0.717, 1.165) is 24.3 Å². The summed E-state index contributed by atoms with van der Waals surface area (Å²) in [7, 11) is 1.79. The molecular weight excluding hydrogens is 214 g/mol. The molecule has 2 N–H and O–H groups in total. The van der Waals surface area contributed by atoms with Gasteiger partial charge >= 0.3 is 0 Å². The highest BCUT2D eigenvalue weighted by Crippen LogP contribution is 2.25. The standard InChI is InChI=1S/C13H21N3O/c1-3-15-10-7-11(9-14-8-10)16-12-5-4-6-13(12)17-2/h7-9,12-13,15-16H,3-6H2,1-2H3. The number of anilines is 2. The third kappa shape index (κ3) is 3.09. The number of hydrogen-bond donors (Lipinski definition) is 2. The van der Waals surface area contributed by atoms with Crippen LogP contribution in [0.25, 0.3) is 0 Å². The first kappa shape index (κ1) is 12.2. The molecule has 1 saturated carbocycles. The maximum absolute atomic E-state index is 5.48. The summed E-state index contributed by atoms with van der Waals surface area (Å²) in [6.07, 6.45) is 7.59. The predicted octanol–water partition coefficient (Wildman–Crippen LogP) is 2.49. The second kappa shape index (κ2) is 5.87. The molecule has 0 aromatic carbocycles. The minimum absolute atomic E-state index is 0.331. The van der Waals surface area contributed by atoms with Crippen molar-refractivity contribution in [1.82, 2.24) is 4.98 Å². The summed E-state index contributed by atoms with van der Waals surface area (Å²) in [5, 5.41) is 6.78. The third-order valence-electron chi connectivity index (χ3n) is 3.23. The lowest BCUT2D eigenvalue weighted by Crippen LogP contribution is -2.29. The van der Waals surface area contributed by atoms with Gasteiger partial charge in [-0.1, -0.05) is 0 Å². The van der Waals surface area contributed by atoms with E-state index in [1.54, 1.807) is 7.11 Å². The summed E-state index contributed by atoms with van der Waals surface area (Å²) < 4.78 is 5.48. The molecule has 2 rings (SSSR count). The lowest BCUT2D eigenvalue weighted by Gasteiger charge is -2.20. The van der Waals surface area contributed by atoms with Gasteiger partial charge in [-0.3, -0.25) is 4.98 Å². The Morgan fingerprint density at radius 1 is 1.35 bits per heavy atom. The first-order valence-corrected chi connectivity index (χ1v) is 6.31. The smallest absolute Gasteiger partial charge is 0.0772 e. The monoisotopic (exact) mass is 235 g/mol. The number of methoxy groups -OCH3 is 1. The van der Waals surface area contributed by atoms with Crippen LogP contribution >= 0.6 is 0 Å². The van der Waals surface area contributed by atoms with Crippen LogP contribution in [-0.4, -0.2) is 30.8 Å². The third-order valence-corrected chi connectivity index (χ3v) is 3.23. The maximum atomic E-state index is 5.48. The minimum atomic E-state index is 0.331. The average Bonchev–Trinajstić information content (AvgIpc) is 2.77. The van der Waals surface area contributed by atoms with Crippen molar-refractivity contribution in [3.05, 3.63) is 18.5 Å². The van der Waals surface area contributed by atoms with Crippen molar-refractivity contribution >= 4 is 11.4 Å². The van der Waals surface area contributed by atoms with Gasteiger partial charge in [0.2, 0.25) is 0 Å². The van der Waals surface area contributed by atoms with E-state index in [0.29, 0.717) is 12.1 Å². The molecule has 2 unspecified atom stereocenters. The molecule has 4 nitrogen and oxygen atoms in total. The van der Waals surface area contributed by atoms with Gasteiger partial charge in [0.15, 0.2) is 0 Å². The Bertz CT molecular complexity index is 356. The van der Waals surface area contributed by atoms with Gasteiger partial charge < -0.3 is 15.4 Å². The van der Waals surface area contributed by atoms with Crippen molar-refractivity contribution < 1.29 is 4.74 Å². The molecule has 0 amide bonds. The molecule has 1 fully saturated rings. The lowest BCUT2D eigenvalue weighted by atomic mass is 10.2. The molecule has 17 heavy (non-hydrogen) atoms. The predicted molar refractivity (Wildman–Crippen MR) is 70.5 cm³/mol. The highest BCUT2D eigenvalue weighted by molar-refractivity contribution is 5.54. The number of ether oxygens (including phenoxy) is 1. The van der Waals surface area contributed by atoms with Crippen LogP contribution < -0.4 is 10.6 Å². The van der Waals surface area contributed by atoms with Crippen LogP contribution in [0.3, 0.4) is 0 Å². The maximum Gasteiger partial charge on any atom is 0.0772 e. The number of nitrogens with one attached hydrogen (secondary N) is 2. The van der Waals surface area contributed by atoms with Gasteiger partial charge in [-0.05, 0) is 32.3 Å². The number of aromatic nitrogens is 1. The quantitative estimate of drug-likeness (QED) is 0.823. The van der Waals surface area contributed by atoms with Crippen LogP contribution in [0.15, 0.2) is 18.5 Å². The van der Waals surface area contributed by atoms with Gasteiger partial charge in [0, 0.05) is 13.7 Å². The lowest BCUT2D eigenvalue weighted by molar-refractivity contribution is 0.101. The normalized spacial score (nSPS) is 23.6. The SMILES string of the molecule is CCNc1cncc(NC2CCCC2OC)c1. The Balaban J connectivity index is 2.00. The van der Waals surface area contributed by atoms with Gasteiger partial charge in [-0.25, -0.2) is 0 Å². The van der Waals surface area contributed by atoms with E-state index in [9.17, 15) is 0 Å².